The summed E-state index contributed by atoms with van der Waals surface area (Å²) in [5, 5.41) is 13.5. The Labute approximate surface area is 165 Å². The van der Waals surface area contributed by atoms with Crippen molar-refractivity contribution in [2.75, 3.05) is 19.7 Å². The van der Waals surface area contributed by atoms with E-state index in [0.717, 1.165) is 18.7 Å². The summed E-state index contributed by atoms with van der Waals surface area (Å²) in [5.41, 5.74) is 1.49. The van der Waals surface area contributed by atoms with Crippen LogP contribution >= 0.6 is 0 Å². The van der Waals surface area contributed by atoms with E-state index in [4.69, 9.17) is 11.2 Å². The summed E-state index contributed by atoms with van der Waals surface area (Å²) in [5.74, 6) is 2.80. The summed E-state index contributed by atoms with van der Waals surface area (Å²) >= 11 is 0. The molecule has 1 aliphatic rings. The number of nitrogens with one attached hydrogen (secondary N) is 1. The van der Waals surface area contributed by atoms with Gasteiger partial charge < -0.3 is 15.2 Å². The summed E-state index contributed by atoms with van der Waals surface area (Å²) in [6.07, 6.45) is 7.91. The standard InChI is InChI=1S/C22H25N3O3/c1-2-14-28-19-10-8-17(9-11-19)22(27)24-20-16-25(13-5-7-21(20)26)15-18-6-3-4-12-23-18/h1,3-4,6,8-12,20-21,26H,5,7,13-16H2,(H,24,27)/t20-,21-/m1/s1. The molecule has 6 heteroatoms. The van der Waals surface area contributed by atoms with E-state index in [1.165, 1.54) is 0 Å². The number of carbonyl (C=O) groups is 1. The van der Waals surface area contributed by atoms with Crippen molar-refractivity contribution in [3.63, 3.8) is 0 Å². The number of ether oxygens (including phenoxy) is 1. The molecular weight excluding hydrogens is 354 g/mol. The summed E-state index contributed by atoms with van der Waals surface area (Å²) in [6.45, 7) is 2.32. The maximum absolute atomic E-state index is 12.6. The number of aromatic nitrogens is 1. The number of rotatable bonds is 6. The van der Waals surface area contributed by atoms with Gasteiger partial charge in [0.25, 0.3) is 5.91 Å². The Balaban J connectivity index is 1.61. The van der Waals surface area contributed by atoms with E-state index in [1.807, 2.05) is 18.2 Å². The number of likely N-dealkylation sites (tertiary alicyclic amines) is 1. The highest BCUT2D eigenvalue weighted by Gasteiger charge is 2.27. The molecule has 2 aromatic rings. The quantitative estimate of drug-likeness (QED) is 0.750. The number of nitrogens with zero attached hydrogens (tertiary/aromatic N) is 2. The van der Waals surface area contributed by atoms with Gasteiger partial charge in [-0.3, -0.25) is 14.7 Å². The number of carbonyl (C=O) groups excluding carboxylic acids is 1. The Hall–Kier alpha value is -2.88. The first-order valence-corrected chi connectivity index (χ1v) is 9.43. The number of terminal acetylenes is 1. The van der Waals surface area contributed by atoms with E-state index in [0.29, 0.717) is 30.8 Å². The first-order chi connectivity index (χ1) is 13.7. The normalized spacial score (nSPS) is 20.0. The monoisotopic (exact) mass is 379 g/mol. The van der Waals surface area contributed by atoms with Gasteiger partial charge in [0.05, 0.1) is 17.8 Å². The molecule has 0 radical (unpaired) electrons. The van der Waals surface area contributed by atoms with E-state index in [1.54, 1.807) is 30.5 Å². The molecule has 0 spiro atoms. The van der Waals surface area contributed by atoms with Gasteiger partial charge in [0.1, 0.15) is 12.4 Å². The highest BCUT2D eigenvalue weighted by molar-refractivity contribution is 5.94. The lowest BCUT2D eigenvalue weighted by atomic mass is 10.1. The largest absolute Gasteiger partial charge is 0.481 e. The van der Waals surface area contributed by atoms with Crippen molar-refractivity contribution in [3.05, 3.63) is 59.9 Å². The van der Waals surface area contributed by atoms with Crippen LogP contribution in [-0.4, -0.2) is 52.7 Å². The molecule has 2 atom stereocenters. The highest BCUT2D eigenvalue weighted by Crippen LogP contribution is 2.16. The van der Waals surface area contributed by atoms with Crippen molar-refractivity contribution >= 4 is 5.91 Å². The molecule has 2 heterocycles. The predicted octanol–water partition coefficient (Wildman–Crippen LogP) is 1.85. The second kappa shape index (κ2) is 9.88. The maximum Gasteiger partial charge on any atom is 0.251 e. The smallest absolute Gasteiger partial charge is 0.251 e. The third-order valence-corrected chi connectivity index (χ3v) is 4.76. The van der Waals surface area contributed by atoms with Crippen molar-refractivity contribution in [1.29, 1.82) is 0 Å². The topological polar surface area (TPSA) is 74.7 Å². The van der Waals surface area contributed by atoms with Gasteiger partial charge in [-0.25, -0.2) is 0 Å². The van der Waals surface area contributed by atoms with Gasteiger partial charge in [0.15, 0.2) is 0 Å². The Morgan fingerprint density at radius 2 is 2.14 bits per heavy atom. The van der Waals surface area contributed by atoms with Crippen molar-refractivity contribution in [3.8, 4) is 18.1 Å². The summed E-state index contributed by atoms with van der Waals surface area (Å²) in [4.78, 5) is 19.2. The Morgan fingerprint density at radius 3 is 2.86 bits per heavy atom. The minimum atomic E-state index is -0.573. The fourth-order valence-corrected chi connectivity index (χ4v) is 3.30. The van der Waals surface area contributed by atoms with E-state index in [-0.39, 0.29) is 18.6 Å². The lowest BCUT2D eigenvalue weighted by Crippen LogP contribution is -2.48. The molecule has 0 bridgehead atoms. The lowest BCUT2D eigenvalue weighted by Gasteiger charge is -2.27. The molecule has 1 aromatic heterocycles. The van der Waals surface area contributed by atoms with Gasteiger partial charge >= 0.3 is 0 Å². The van der Waals surface area contributed by atoms with Gasteiger partial charge in [0.2, 0.25) is 0 Å². The van der Waals surface area contributed by atoms with E-state index >= 15 is 0 Å². The van der Waals surface area contributed by atoms with Crippen LogP contribution in [0.15, 0.2) is 48.7 Å². The Morgan fingerprint density at radius 1 is 1.32 bits per heavy atom. The average molecular weight is 379 g/mol. The van der Waals surface area contributed by atoms with Gasteiger partial charge in [-0.05, 0) is 55.8 Å². The van der Waals surface area contributed by atoms with Crippen molar-refractivity contribution in [2.24, 2.45) is 0 Å². The molecule has 1 aromatic carbocycles. The van der Waals surface area contributed by atoms with Crippen molar-refractivity contribution < 1.29 is 14.6 Å². The lowest BCUT2D eigenvalue weighted by molar-refractivity contribution is 0.0797. The third-order valence-electron chi connectivity index (χ3n) is 4.76. The fraction of sp³-hybridized carbons (Fsp3) is 0.364. The number of pyridine rings is 1. The molecular formula is C22H25N3O3. The van der Waals surface area contributed by atoms with Gasteiger partial charge in [-0.15, -0.1) is 6.42 Å². The van der Waals surface area contributed by atoms with Crippen LogP contribution < -0.4 is 10.1 Å². The molecule has 1 aliphatic heterocycles. The zero-order chi connectivity index (χ0) is 19.8. The van der Waals surface area contributed by atoms with Gasteiger partial charge in [-0.2, -0.15) is 0 Å². The first kappa shape index (κ1) is 19.9. The molecule has 0 saturated carbocycles. The molecule has 6 nitrogen and oxygen atoms in total. The SMILES string of the molecule is C#CCOc1ccc(C(=O)N[C@@H]2CN(Cc3ccccn3)CCC[C@H]2O)cc1. The van der Waals surface area contributed by atoms with Crippen LogP contribution in [0, 0.1) is 12.3 Å². The average Bonchev–Trinajstić information content (AvgIpc) is 2.88. The molecule has 28 heavy (non-hydrogen) atoms. The summed E-state index contributed by atoms with van der Waals surface area (Å²) in [7, 11) is 0. The van der Waals surface area contributed by atoms with Crippen LogP contribution in [0.25, 0.3) is 0 Å². The zero-order valence-electron chi connectivity index (χ0n) is 15.8. The van der Waals surface area contributed by atoms with Gasteiger partial charge in [0, 0.05) is 24.8 Å². The molecule has 1 fully saturated rings. The van der Waals surface area contributed by atoms with Crippen LogP contribution in [-0.2, 0) is 6.54 Å². The van der Waals surface area contributed by atoms with Gasteiger partial charge in [-0.1, -0.05) is 12.0 Å². The molecule has 1 saturated heterocycles. The zero-order valence-corrected chi connectivity index (χ0v) is 15.8. The molecule has 3 rings (SSSR count). The molecule has 1 amide bonds. The minimum Gasteiger partial charge on any atom is -0.481 e. The summed E-state index contributed by atoms with van der Waals surface area (Å²) < 4.78 is 5.32. The van der Waals surface area contributed by atoms with Crippen LogP contribution in [0.1, 0.15) is 28.9 Å². The Bertz CT molecular complexity index is 802. The minimum absolute atomic E-state index is 0.186. The second-order valence-corrected chi connectivity index (χ2v) is 6.86. The summed E-state index contributed by atoms with van der Waals surface area (Å²) in [6, 6.07) is 12.3. The molecule has 0 unspecified atom stereocenters. The number of aliphatic hydroxyl groups excluding tert-OH is 1. The number of amides is 1. The second-order valence-electron chi connectivity index (χ2n) is 6.86. The number of aliphatic hydroxyl groups is 1. The van der Waals surface area contributed by atoms with Crippen molar-refractivity contribution in [2.45, 2.75) is 31.5 Å². The predicted molar refractivity (Wildman–Crippen MR) is 107 cm³/mol. The fourth-order valence-electron chi connectivity index (χ4n) is 3.30. The highest BCUT2D eigenvalue weighted by atomic mass is 16.5. The molecule has 146 valence electrons. The van der Waals surface area contributed by atoms with E-state index < -0.39 is 6.10 Å². The number of benzene rings is 1. The maximum atomic E-state index is 12.6. The van der Waals surface area contributed by atoms with E-state index in [2.05, 4.69) is 21.1 Å². The first-order valence-electron chi connectivity index (χ1n) is 9.43. The van der Waals surface area contributed by atoms with Crippen LogP contribution in [0.3, 0.4) is 0 Å². The number of hydrogen-bond acceptors (Lipinski definition) is 5. The van der Waals surface area contributed by atoms with Crippen molar-refractivity contribution in [1.82, 2.24) is 15.2 Å². The van der Waals surface area contributed by atoms with Crippen LogP contribution in [0.4, 0.5) is 0 Å². The molecule has 0 aliphatic carbocycles. The van der Waals surface area contributed by atoms with Crippen LogP contribution in [0.2, 0.25) is 0 Å². The third kappa shape index (κ3) is 5.56. The Kier molecular flexibility index (Phi) is 7.01. The van der Waals surface area contributed by atoms with Crippen LogP contribution in [0.5, 0.6) is 5.75 Å². The number of hydrogen-bond donors (Lipinski definition) is 2. The molecule has 2 N–H and O–H groups in total. The van der Waals surface area contributed by atoms with E-state index in [9.17, 15) is 9.90 Å².